The summed E-state index contributed by atoms with van der Waals surface area (Å²) in [6.45, 7) is 10.9. The van der Waals surface area contributed by atoms with Gasteiger partial charge in [-0.05, 0) is 48.8 Å². The summed E-state index contributed by atoms with van der Waals surface area (Å²) in [5.41, 5.74) is 4.14. The Morgan fingerprint density at radius 1 is 1.29 bits per heavy atom. The predicted octanol–water partition coefficient (Wildman–Crippen LogP) is 3.97. The second kappa shape index (κ2) is 4.65. The van der Waals surface area contributed by atoms with Crippen LogP contribution in [0.3, 0.4) is 0 Å². The van der Waals surface area contributed by atoms with Crippen molar-refractivity contribution in [3.63, 3.8) is 0 Å². The molecule has 0 aliphatic carbocycles. The maximum absolute atomic E-state index is 4.78. The van der Waals surface area contributed by atoms with Crippen LogP contribution in [0.15, 0.2) is 22.1 Å². The van der Waals surface area contributed by atoms with E-state index in [0.29, 0.717) is 5.92 Å². The minimum atomic E-state index is 0.218. The maximum atomic E-state index is 4.78. The first-order valence-electron chi connectivity index (χ1n) is 6.06. The first kappa shape index (κ1) is 12.4. The summed E-state index contributed by atoms with van der Waals surface area (Å²) < 4.78 is 0. The first-order valence-corrected chi connectivity index (χ1v) is 6.94. The molecule has 0 bridgehead atoms. The van der Waals surface area contributed by atoms with Crippen molar-refractivity contribution < 1.29 is 0 Å². The average Bonchev–Trinajstić information content (AvgIpc) is 2.59. The van der Waals surface area contributed by atoms with Gasteiger partial charge in [-0.3, -0.25) is 4.99 Å². The molecule has 2 heterocycles. The molecule has 1 aliphatic rings. The van der Waals surface area contributed by atoms with Crippen LogP contribution in [0.4, 0.5) is 0 Å². The van der Waals surface area contributed by atoms with Gasteiger partial charge in [0.1, 0.15) is 6.04 Å². The van der Waals surface area contributed by atoms with Crippen LogP contribution in [0.1, 0.15) is 42.8 Å². The highest BCUT2D eigenvalue weighted by atomic mass is 32.1. The van der Waals surface area contributed by atoms with Crippen LogP contribution in [0.5, 0.6) is 0 Å². The fourth-order valence-electron chi connectivity index (χ4n) is 2.06. The van der Waals surface area contributed by atoms with Gasteiger partial charge in [0.2, 0.25) is 0 Å². The summed E-state index contributed by atoms with van der Waals surface area (Å²) in [5, 5.41) is 5.46. The van der Waals surface area contributed by atoms with E-state index in [1.54, 1.807) is 0 Å². The van der Waals surface area contributed by atoms with E-state index in [0.717, 1.165) is 5.84 Å². The van der Waals surface area contributed by atoms with Crippen LogP contribution >= 0.6 is 11.3 Å². The Labute approximate surface area is 107 Å². The van der Waals surface area contributed by atoms with Gasteiger partial charge < -0.3 is 5.32 Å². The number of hydrogen-bond donors (Lipinski definition) is 1. The van der Waals surface area contributed by atoms with Crippen molar-refractivity contribution >= 4 is 17.2 Å². The van der Waals surface area contributed by atoms with E-state index in [1.165, 1.54) is 21.6 Å². The Bertz CT molecular complexity index is 480. The molecule has 92 valence electrons. The molecule has 0 spiro atoms. The highest BCUT2D eigenvalue weighted by Crippen LogP contribution is 2.38. The SMILES string of the molecule is CC1=NC(c2scc(C)c2C)C(C(C)C)=CN1. The number of thiophene rings is 1. The smallest absolute Gasteiger partial charge is 0.109 e. The number of amidine groups is 1. The zero-order chi connectivity index (χ0) is 12.6. The molecule has 2 nitrogen and oxygen atoms in total. The molecule has 1 unspecified atom stereocenters. The number of rotatable bonds is 2. The first-order chi connectivity index (χ1) is 8.00. The molecular weight excluding hydrogens is 228 g/mol. The van der Waals surface area contributed by atoms with Gasteiger partial charge in [-0.25, -0.2) is 0 Å². The lowest BCUT2D eigenvalue weighted by Gasteiger charge is -2.24. The summed E-state index contributed by atoms with van der Waals surface area (Å²) in [6.07, 6.45) is 2.13. The van der Waals surface area contributed by atoms with E-state index in [9.17, 15) is 0 Å². The van der Waals surface area contributed by atoms with Crippen molar-refractivity contribution in [3.8, 4) is 0 Å². The molecule has 0 saturated carbocycles. The van der Waals surface area contributed by atoms with Crippen LogP contribution in [-0.4, -0.2) is 5.84 Å². The molecular formula is C14H20N2S. The molecule has 1 atom stereocenters. The molecule has 0 saturated heterocycles. The van der Waals surface area contributed by atoms with Gasteiger partial charge in [-0.15, -0.1) is 11.3 Å². The van der Waals surface area contributed by atoms with E-state index in [2.05, 4.69) is 44.6 Å². The Morgan fingerprint density at radius 2 is 2.00 bits per heavy atom. The van der Waals surface area contributed by atoms with E-state index < -0.39 is 0 Å². The Hall–Kier alpha value is -1.09. The molecule has 1 aliphatic heterocycles. The fourth-order valence-corrected chi connectivity index (χ4v) is 3.19. The largest absolute Gasteiger partial charge is 0.351 e. The number of hydrogen-bond acceptors (Lipinski definition) is 3. The lowest BCUT2D eigenvalue weighted by Crippen LogP contribution is -2.23. The van der Waals surface area contributed by atoms with E-state index in [1.807, 2.05) is 18.3 Å². The van der Waals surface area contributed by atoms with Crippen LogP contribution in [0, 0.1) is 19.8 Å². The molecule has 0 aromatic carbocycles. The van der Waals surface area contributed by atoms with Gasteiger partial charge in [0.05, 0.1) is 5.84 Å². The molecule has 1 aromatic heterocycles. The highest BCUT2D eigenvalue weighted by molar-refractivity contribution is 7.10. The molecule has 3 heteroatoms. The summed E-state index contributed by atoms with van der Waals surface area (Å²) in [7, 11) is 0. The van der Waals surface area contributed by atoms with E-state index in [-0.39, 0.29) is 6.04 Å². The minimum absolute atomic E-state index is 0.218. The standard InChI is InChI=1S/C14H20N2S/c1-8(2)12-6-15-11(5)16-13(12)14-10(4)9(3)7-17-14/h6-8,13H,1-5H3,(H,15,16). The summed E-state index contributed by atoms with van der Waals surface area (Å²) >= 11 is 1.83. The van der Waals surface area contributed by atoms with Crippen molar-refractivity contribution in [2.75, 3.05) is 0 Å². The van der Waals surface area contributed by atoms with Crippen molar-refractivity contribution in [1.82, 2.24) is 5.32 Å². The molecule has 2 rings (SSSR count). The zero-order valence-corrected chi connectivity index (χ0v) is 12.0. The summed E-state index contributed by atoms with van der Waals surface area (Å²) in [5.74, 6) is 1.52. The Balaban J connectivity index is 2.43. The van der Waals surface area contributed by atoms with Gasteiger partial charge >= 0.3 is 0 Å². The zero-order valence-electron chi connectivity index (χ0n) is 11.2. The van der Waals surface area contributed by atoms with Crippen LogP contribution in [0.25, 0.3) is 0 Å². The van der Waals surface area contributed by atoms with Crippen molar-refractivity contribution in [3.05, 3.63) is 33.2 Å². The predicted molar refractivity (Wildman–Crippen MR) is 75.7 cm³/mol. The molecule has 1 aromatic rings. The van der Waals surface area contributed by atoms with Crippen LogP contribution in [0.2, 0.25) is 0 Å². The monoisotopic (exact) mass is 248 g/mol. The maximum Gasteiger partial charge on any atom is 0.109 e. The minimum Gasteiger partial charge on any atom is -0.351 e. The third-order valence-corrected chi connectivity index (χ3v) is 4.58. The second-order valence-corrected chi connectivity index (χ2v) is 5.88. The van der Waals surface area contributed by atoms with E-state index >= 15 is 0 Å². The van der Waals surface area contributed by atoms with Gasteiger partial charge in [0.15, 0.2) is 0 Å². The normalized spacial score (nSPS) is 20.0. The molecule has 0 radical (unpaired) electrons. The van der Waals surface area contributed by atoms with Gasteiger partial charge in [0, 0.05) is 11.1 Å². The van der Waals surface area contributed by atoms with Crippen molar-refractivity contribution in [2.45, 2.75) is 40.7 Å². The average molecular weight is 248 g/mol. The number of nitrogens with one attached hydrogen (secondary N) is 1. The van der Waals surface area contributed by atoms with Gasteiger partial charge in [0.25, 0.3) is 0 Å². The third-order valence-electron chi connectivity index (χ3n) is 3.32. The van der Waals surface area contributed by atoms with Crippen molar-refractivity contribution in [1.29, 1.82) is 0 Å². The molecule has 17 heavy (non-hydrogen) atoms. The van der Waals surface area contributed by atoms with Crippen molar-refractivity contribution in [2.24, 2.45) is 10.9 Å². The fraction of sp³-hybridized carbons (Fsp3) is 0.500. The highest BCUT2D eigenvalue weighted by Gasteiger charge is 2.24. The van der Waals surface area contributed by atoms with Gasteiger partial charge in [-0.2, -0.15) is 0 Å². The number of aliphatic imine (C=N–C) groups is 1. The molecule has 0 amide bonds. The molecule has 1 N–H and O–H groups in total. The number of nitrogens with zero attached hydrogens (tertiary/aromatic N) is 1. The van der Waals surface area contributed by atoms with Crippen LogP contribution in [-0.2, 0) is 0 Å². The lowest BCUT2D eigenvalue weighted by atomic mass is 9.93. The van der Waals surface area contributed by atoms with Crippen LogP contribution < -0.4 is 5.32 Å². The Kier molecular flexibility index (Phi) is 3.38. The molecule has 0 fully saturated rings. The number of aryl methyl sites for hydroxylation is 1. The Morgan fingerprint density at radius 3 is 2.53 bits per heavy atom. The summed E-state index contributed by atoms with van der Waals surface area (Å²) in [6, 6.07) is 0.218. The second-order valence-electron chi connectivity index (χ2n) is 4.97. The third kappa shape index (κ3) is 2.29. The topological polar surface area (TPSA) is 24.4 Å². The summed E-state index contributed by atoms with van der Waals surface area (Å²) in [4.78, 5) is 6.17. The van der Waals surface area contributed by atoms with E-state index in [4.69, 9.17) is 4.99 Å². The lowest BCUT2D eigenvalue weighted by molar-refractivity contribution is 0.653. The van der Waals surface area contributed by atoms with Gasteiger partial charge in [-0.1, -0.05) is 13.8 Å². The quantitative estimate of drug-likeness (QED) is 0.841.